The highest BCUT2D eigenvalue weighted by Gasteiger charge is 2.19. The molecule has 0 bridgehead atoms. The molecule has 1 aliphatic rings. The van der Waals surface area contributed by atoms with Crippen molar-refractivity contribution in [2.45, 2.75) is 38.6 Å². The third-order valence-corrected chi connectivity index (χ3v) is 4.73. The maximum atomic E-state index is 12.3. The largest absolute Gasteiger partial charge is 0.495 e. The number of hydrogen-bond donors (Lipinski definition) is 2. The Labute approximate surface area is 149 Å². The highest BCUT2D eigenvalue weighted by Crippen LogP contribution is 2.25. The lowest BCUT2D eigenvalue weighted by atomic mass is 9.88. The van der Waals surface area contributed by atoms with Crippen LogP contribution in [0.2, 0.25) is 0 Å². The van der Waals surface area contributed by atoms with Gasteiger partial charge in [0, 0.05) is 19.0 Å². The highest BCUT2D eigenvalue weighted by molar-refractivity contribution is 5.77. The lowest BCUT2D eigenvalue weighted by Crippen LogP contribution is -2.39. The molecule has 0 saturated carbocycles. The summed E-state index contributed by atoms with van der Waals surface area (Å²) >= 11 is 0. The number of rotatable bonds is 6. The molecule has 4 nitrogen and oxygen atoms in total. The number of carbonyl (C=O) groups excluding carboxylic acids is 1. The predicted octanol–water partition coefficient (Wildman–Crippen LogP) is 3.48. The first-order chi connectivity index (χ1) is 12.2. The number of anilines is 1. The number of benzene rings is 2. The van der Waals surface area contributed by atoms with E-state index in [0.717, 1.165) is 36.3 Å². The molecule has 0 fully saturated rings. The first kappa shape index (κ1) is 17.3. The van der Waals surface area contributed by atoms with E-state index in [1.54, 1.807) is 7.11 Å². The minimum Gasteiger partial charge on any atom is -0.495 e. The van der Waals surface area contributed by atoms with Crippen LogP contribution < -0.4 is 15.4 Å². The number of hydrogen-bond acceptors (Lipinski definition) is 3. The number of amides is 1. The SMILES string of the molecule is COc1ccc(C)cc1NCCC(=O)N[C@@H]1CCc2ccccc2C1. The Kier molecular flexibility index (Phi) is 5.59. The summed E-state index contributed by atoms with van der Waals surface area (Å²) in [5, 5.41) is 6.48. The monoisotopic (exact) mass is 338 g/mol. The third kappa shape index (κ3) is 4.53. The fraction of sp³-hybridized carbons (Fsp3) is 0.381. The van der Waals surface area contributed by atoms with Gasteiger partial charge in [0.05, 0.1) is 12.8 Å². The Morgan fingerprint density at radius 2 is 2.00 bits per heavy atom. The van der Waals surface area contributed by atoms with Crippen LogP contribution in [-0.4, -0.2) is 25.6 Å². The summed E-state index contributed by atoms with van der Waals surface area (Å²) in [4.78, 5) is 12.3. The summed E-state index contributed by atoms with van der Waals surface area (Å²) in [5.74, 6) is 0.901. The molecule has 4 heteroatoms. The van der Waals surface area contributed by atoms with Crippen LogP contribution in [0.4, 0.5) is 5.69 Å². The van der Waals surface area contributed by atoms with Gasteiger partial charge in [-0.05, 0) is 55.0 Å². The molecular formula is C21H26N2O2. The molecular weight excluding hydrogens is 312 g/mol. The van der Waals surface area contributed by atoms with Crippen LogP contribution in [0.15, 0.2) is 42.5 Å². The molecule has 0 saturated heterocycles. The lowest BCUT2D eigenvalue weighted by Gasteiger charge is -2.25. The van der Waals surface area contributed by atoms with Crippen molar-refractivity contribution in [1.82, 2.24) is 5.32 Å². The Morgan fingerprint density at radius 3 is 2.80 bits per heavy atom. The molecule has 0 aromatic heterocycles. The number of carbonyl (C=O) groups is 1. The van der Waals surface area contributed by atoms with Crippen LogP contribution in [0, 0.1) is 6.92 Å². The van der Waals surface area contributed by atoms with Gasteiger partial charge < -0.3 is 15.4 Å². The summed E-state index contributed by atoms with van der Waals surface area (Å²) < 4.78 is 5.35. The van der Waals surface area contributed by atoms with E-state index in [9.17, 15) is 4.79 Å². The predicted molar refractivity (Wildman–Crippen MR) is 101 cm³/mol. The van der Waals surface area contributed by atoms with Crippen molar-refractivity contribution in [2.75, 3.05) is 19.0 Å². The smallest absolute Gasteiger partial charge is 0.221 e. The molecule has 1 aliphatic carbocycles. The first-order valence-corrected chi connectivity index (χ1v) is 8.90. The minimum absolute atomic E-state index is 0.100. The third-order valence-electron chi connectivity index (χ3n) is 4.73. The van der Waals surface area contributed by atoms with Gasteiger partial charge in [0.25, 0.3) is 0 Å². The second-order valence-electron chi connectivity index (χ2n) is 6.66. The molecule has 1 atom stereocenters. The molecule has 0 aliphatic heterocycles. The zero-order chi connectivity index (χ0) is 17.6. The molecule has 2 aromatic rings. The summed E-state index contributed by atoms with van der Waals surface area (Å²) in [6, 6.07) is 14.7. The van der Waals surface area contributed by atoms with Crippen molar-refractivity contribution in [3.8, 4) is 5.75 Å². The van der Waals surface area contributed by atoms with Gasteiger partial charge in [-0.2, -0.15) is 0 Å². The topological polar surface area (TPSA) is 50.4 Å². The van der Waals surface area contributed by atoms with Crippen molar-refractivity contribution in [3.63, 3.8) is 0 Å². The number of methoxy groups -OCH3 is 1. The van der Waals surface area contributed by atoms with Gasteiger partial charge in [-0.3, -0.25) is 4.79 Å². The molecule has 0 radical (unpaired) electrons. The molecule has 2 N–H and O–H groups in total. The van der Waals surface area contributed by atoms with Gasteiger partial charge in [0.1, 0.15) is 5.75 Å². The maximum absolute atomic E-state index is 12.3. The second-order valence-corrected chi connectivity index (χ2v) is 6.66. The van der Waals surface area contributed by atoms with E-state index in [1.807, 2.05) is 25.1 Å². The van der Waals surface area contributed by atoms with Gasteiger partial charge in [-0.15, -0.1) is 0 Å². The van der Waals surface area contributed by atoms with Crippen LogP contribution in [0.1, 0.15) is 29.5 Å². The van der Waals surface area contributed by atoms with E-state index in [1.165, 1.54) is 11.1 Å². The quantitative estimate of drug-likeness (QED) is 0.848. The Morgan fingerprint density at radius 1 is 1.20 bits per heavy atom. The number of ether oxygens (including phenoxy) is 1. The zero-order valence-electron chi connectivity index (χ0n) is 15.0. The van der Waals surface area contributed by atoms with Gasteiger partial charge in [0.2, 0.25) is 5.91 Å². The fourth-order valence-corrected chi connectivity index (χ4v) is 3.39. The summed E-state index contributed by atoms with van der Waals surface area (Å²) in [6.07, 6.45) is 3.44. The molecule has 132 valence electrons. The molecule has 1 amide bonds. The average molecular weight is 338 g/mol. The van der Waals surface area contributed by atoms with Crippen LogP contribution in [0.25, 0.3) is 0 Å². The van der Waals surface area contributed by atoms with E-state index < -0.39 is 0 Å². The molecule has 2 aromatic carbocycles. The standard InChI is InChI=1S/C21H26N2O2/c1-15-7-10-20(25-2)19(13-15)22-12-11-21(24)23-18-9-8-16-5-3-4-6-17(16)14-18/h3-7,10,13,18,22H,8-9,11-12,14H2,1-2H3,(H,23,24)/t18-/m1/s1. The Balaban J connectivity index is 1.47. The van der Waals surface area contributed by atoms with E-state index in [-0.39, 0.29) is 11.9 Å². The first-order valence-electron chi connectivity index (χ1n) is 8.90. The highest BCUT2D eigenvalue weighted by atomic mass is 16.5. The average Bonchev–Trinajstić information content (AvgIpc) is 2.62. The van der Waals surface area contributed by atoms with Gasteiger partial charge in [-0.1, -0.05) is 30.3 Å². The van der Waals surface area contributed by atoms with Gasteiger partial charge in [0.15, 0.2) is 0 Å². The van der Waals surface area contributed by atoms with Crippen molar-refractivity contribution < 1.29 is 9.53 Å². The van der Waals surface area contributed by atoms with E-state index in [2.05, 4.69) is 34.9 Å². The number of nitrogens with one attached hydrogen (secondary N) is 2. The van der Waals surface area contributed by atoms with Crippen molar-refractivity contribution in [2.24, 2.45) is 0 Å². The van der Waals surface area contributed by atoms with E-state index >= 15 is 0 Å². The second kappa shape index (κ2) is 8.06. The van der Waals surface area contributed by atoms with Gasteiger partial charge >= 0.3 is 0 Å². The number of fused-ring (bicyclic) bond motifs is 1. The Bertz CT molecular complexity index is 742. The van der Waals surface area contributed by atoms with Crippen LogP contribution in [0.3, 0.4) is 0 Å². The van der Waals surface area contributed by atoms with Crippen LogP contribution >= 0.6 is 0 Å². The molecule has 25 heavy (non-hydrogen) atoms. The molecule has 3 rings (SSSR count). The van der Waals surface area contributed by atoms with Crippen LogP contribution in [0.5, 0.6) is 5.75 Å². The summed E-state index contributed by atoms with van der Waals surface area (Å²) in [7, 11) is 1.66. The molecule has 0 unspecified atom stereocenters. The van der Waals surface area contributed by atoms with Crippen molar-refractivity contribution in [1.29, 1.82) is 0 Å². The lowest BCUT2D eigenvalue weighted by molar-refractivity contribution is -0.121. The number of aryl methyl sites for hydroxylation is 2. The van der Waals surface area contributed by atoms with Crippen molar-refractivity contribution in [3.05, 3.63) is 59.2 Å². The summed E-state index contributed by atoms with van der Waals surface area (Å²) in [5.41, 5.74) is 4.87. The van der Waals surface area contributed by atoms with Crippen molar-refractivity contribution >= 4 is 11.6 Å². The zero-order valence-corrected chi connectivity index (χ0v) is 15.0. The minimum atomic E-state index is 0.100. The Hall–Kier alpha value is -2.49. The summed E-state index contributed by atoms with van der Waals surface area (Å²) in [6.45, 7) is 2.63. The van der Waals surface area contributed by atoms with E-state index in [4.69, 9.17) is 4.74 Å². The normalized spacial score (nSPS) is 16.0. The van der Waals surface area contributed by atoms with Gasteiger partial charge in [-0.25, -0.2) is 0 Å². The molecule has 0 heterocycles. The maximum Gasteiger partial charge on any atom is 0.221 e. The van der Waals surface area contributed by atoms with Crippen LogP contribution in [-0.2, 0) is 17.6 Å². The molecule has 0 spiro atoms. The fourth-order valence-electron chi connectivity index (χ4n) is 3.39. The van der Waals surface area contributed by atoms with E-state index in [0.29, 0.717) is 13.0 Å².